The number of rotatable bonds is 4. The third kappa shape index (κ3) is 3.77. The van der Waals surface area contributed by atoms with Gasteiger partial charge in [0.2, 0.25) is 10.0 Å². The Balaban J connectivity index is 1.40. The molecule has 3 heterocycles. The number of sulfonamides is 1. The van der Waals surface area contributed by atoms with Crippen molar-refractivity contribution < 1.29 is 8.42 Å². The summed E-state index contributed by atoms with van der Waals surface area (Å²) in [4.78, 5) is 11.5. The number of hydrogen-bond donors (Lipinski definition) is 0. The smallest absolute Gasteiger partial charge is 0.243 e. The molecule has 1 saturated heterocycles. The first-order valence-corrected chi connectivity index (χ1v) is 12.4. The number of aromatic nitrogens is 4. The summed E-state index contributed by atoms with van der Waals surface area (Å²) in [6.45, 7) is 7.60. The lowest BCUT2D eigenvalue weighted by Gasteiger charge is -2.35. The van der Waals surface area contributed by atoms with Crippen LogP contribution in [0.4, 0.5) is 5.82 Å². The van der Waals surface area contributed by atoms with E-state index >= 15 is 0 Å². The molecule has 9 heteroatoms. The van der Waals surface area contributed by atoms with E-state index in [1.54, 1.807) is 21.5 Å². The van der Waals surface area contributed by atoms with Crippen molar-refractivity contribution in [2.24, 2.45) is 0 Å². The molecule has 4 aromatic rings. The molecular weight excluding hydrogens is 436 g/mol. The molecule has 33 heavy (non-hydrogen) atoms. The normalized spacial score (nSPS) is 15.3. The first-order chi connectivity index (χ1) is 15.9. The number of anilines is 1. The Morgan fingerprint density at radius 2 is 1.55 bits per heavy atom. The van der Waals surface area contributed by atoms with E-state index in [0.717, 1.165) is 39.2 Å². The molecule has 0 saturated carbocycles. The summed E-state index contributed by atoms with van der Waals surface area (Å²) in [5, 5.41) is 5.37. The maximum Gasteiger partial charge on any atom is 0.243 e. The molecule has 0 unspecified atom stereocenters. The molecule has 0 spiro atoms. The predicted molar refractivity (Wildman–Crippen MR) is 128 cm³/mol. The van der Waals surface area contributed by atoms with E-state index < -0.39 is 10.0 Å². The second-order valence-electron chi connectivity index (χ2n) is 8.45. The van der Waals surface area contributed by atoms with Gasteiger partial charge in [-0.2, -0.15) is 9.40 Å². The minimum atomic E-state index is -3.56. The third-order valence-corrected chi connectivity index (χ3v) is 8.29. The summed E-state index contributed by atoms with van der Waals surface area (Å²) in [5.41, 5.74) is 4.31. The number of fused-ring (bicyclic) bond motifs is 1. The Morgan fingerprint density at radius 1 is 0.879 bits per heavy atom. The van der Waals surface area contributed by atoms with Crippen molar-refractivity contribution in [3.63, 3.8) is 0 Å². The quantitative estimate of drug-likeness (QED) is 0.463. The highest BCUT2D eigenvalue weighted by Gasteiger charge is 2.32. The number of piperazine rings is 1. The molecule has 1 aliphatic rings. The SMILES string of the molecule is Cc1cc(C)c(S(=O)(=O)N2CCN(c3ncnc4c3cnn4-c3ccccc3)CC2)c(C)c1. The van der Waals surface area contributed by atoms with Gasteiger partial charge in [0.15, 0.2) is 5.65 Å². The Morgan fingerprint density at radius 3 is 2.21 bits per heavy atom. The van der Waals surface area contributed by atoms with Crippen molar-refractivity contribution in [1.29, 1.82) is 0 Å². The first-order valence-electron chi connectivity index (χ1n) is 10.9. The molecule has 1 fully saturated rings. The topological polar surface area (TPSA) is 84.2 Å². The summed E-state index contributed by atoms with van der Waals surface area (Å²) >= 11 is 0. The van der Waals surface area contributed by atoms with Crippen LogP contribution in [-0.2, 0) is 10.0 Å². The fourth-order valence-electron chi connectivity index (χ4n) is 4.68. The van der Waals surface area contributed by atoms with E-state index in [-0.39, 0.29) is 0 Å². The van der Waals surface area contributed by atoms with E-state index in [1.165, 1.54) is 0 Å². The van der Waals surface area contributed by atoms with Crippen LogP contribution < -0.4 is 4.90 Å². The Bertz CT molecular complexity index is 1400. The fourth-order valence-corrected chi connectivity index (χ4v) is 6.52. The van der Waals surface area contributed by atoms with E-state index in [2.05, 4.69) is 20.0 Å². The molecule has 1 aliphatic heterocycles. The van der Waals surface area contributed by atoms with Crippen LogP contribution in [0, 0.1) is 20.8 Å². The molecule has 0 N–H and O–H groups in total. The number of aryl methyl sites for hydroxylation is 3. The molecule has 8 nitrogen and oxygen atoms in total. The van der Waals surface area contributed by atoms with Gasteiger partial charge < -0.3 is 4.90 Å². The molecule has 2 aromatic carbocycles. The van der Waals surface area contributed by atoms with E-state index in [9.17, 15) is 8.42 Å². The third-order valence-electron chi connectivity index (χ3n) is 6.09. The van der Waals surface area contributed by atoms with Crippen LogP contribution in [0.2, 0.25) is 0 Å². The van der Waals surface area contributed by atoms with Gasteiger partial charge in [0.05, 0.1) is 22.2 Å². The van der Waals surface area contributed by atoms with E-state index in [4.69, 9.17) is 0 Å². The largest absolute Gasteiger partial charge is 0.353 e. The number of para-hydroxylation sites is 1. The van der Waals surface area contributed by atoms with Gasteiger partial charge in [-0.1, -0.05) is 35.9 Å². The minimum Gasteiger partial charge on any atom is -0.353 e. The highest BCUT2D eigenvalue weighted by atomic mass is 32.2. The van der Waals surface area contributed by atoms with Gasteiger partial charge in [0.1, 0.15) is 12.1 Å². The van der Waals surface area contributed by atoms with Gasteiger partial charge in [0.25, 0.3) is 0 Å². The molecule has 0 aliphatic carbocycles. The van der Waals surface area contributed by atoms with Gasteiger partial charge in [0, 0.05) is 26.2 Å². The number of nitrogens with zero attached hydrogens (tertiary/aromatic N) is 6. The highest BCUT2D eigenvalue weighted by Crippen LogP contribution is 2.29. The zero-order valence-electron chi connectivity index (χ0n) is 18.9. The Kier molecular flexibility index (Phi) is 5.38. The molecule has 170 valence electrons. The molecule has 0 amide bonds. The summed E-state index contributed by atoms with van der Waals surface area (Å²) in [7, 11) is -3.56. The van der Waals surface area contributed by atoms with Gasteiger partial charge in [-0.25, -0.2) is 23.1 Å². The maximum absolute atomic E-state index is 13.4. The van der Waals surface area contributed by atoms with Crippen LogP contribution in [0.1, 0.15) is 16.7 Å². The van der Waals surface area contributed by atoms with Gasteiger partial charge >= 0.3 is 0 Å². The zero-order valence-corrected chi connectivity index (χ0v) is 19.7. The average molecular weight is 463 g/mol. The van der Waals surface area contributed by atoms with Crippen LogP contribution in [0.15, 0.2) is 59.9 Å². The lowest BCUT2D eigenvalue weighted by atomic mass is 10.1. The fraction of sp³-hybridized carbons (Fsp3) is 0.292. The van der Waals surface area contributed by atoms with Crippen molar-refractivity contribution in [2.75, 3.05) is 31.1 Å². The number of hydrogen-bond acceptors (Lipinski definition) is 6. The Labute approximate surface area is 193 Å². The van der Waals surface area contributed by atoms with Crippen molar-refractivity contribution in [2.45, 2.75) is 25.7 Å². The van der Waals surface area contributed by atoms with Crippen molar-refractivity contribution in [1.82, 2.24) is 24.1 Å². The maximum atomic E-state index is 13.4. The van der Waals surface area contributed by atoms with Crippen molar-refractivity contribution in [3.8, 4) is 5.69 Å². The summed E-state index contributed by atoms with van der Waals surface area (Å²) < 4.78 is 30.2. The molecule has 0 bridgehead atoms. The molecular formula is C24H26N6O2S. The highest BCUT2D eigenvalue weighted by molar-refractivity contribution is 7.89. The molecule has 0 atom stereocenters. The van der Waals surface area contributed by atoms with Crippen LogP contribution in [-0.4, -0.2) is 58.7 Å². The first kappa shape index (κ1) is 21.5. The summed E-state index contributed by atoms with van der Waals surface area (Å²) in [6.07, 6.45) is 3.32. The summed E-state index contributed by atoms with van der Waals surface area (Å²) in [5.74, 6) is 0.780. The zero-order chi connectivity index (χ0) is 23.2. The second-order valence-corrected chi connectivity index (χ2v) is 10.3. The van der Waals surface area contributed by atoms with E-state index in [1.807, 2.05) is 63.2 Å². The van der Waals surface area contributed by atoms with Gasteiger partial charge in [-0.3, -0.25) is 0 Å². The minimum absolute atomic E-state index is 0.396. The lowest BCUT2D eigenvalue weighted by molar-refractivity contribution is 0.383. The standard InChI is InChI=1S/C24H26N6O2S/c1-17-13-18(2)22(19(3)14-17)33(31,32)29-11-9-28(10-12-29)23-21-15-27-30(24(21)26-16-25-23)20-7-5-4-6-8-20/h4-8,13-16H,9-12H2,1-3H3. The predicted octanol–water partition coefficient (Wildman–Crippen LogP) is 3.25. The van der Waals surface area contributed by atoms with Gasteiger partial charge in [-0.15, -0.1) is 0 Å². The number of benzene rings is 2. The van der Waals surface area contributed by atoms with Gasteiger partial charge in [-0.05, 0) is 44.0 Å². The lowest BCUT2D eigenvalue weighted by Crippen LogP contribution is -2.49. The summed E-state index contributed by atoms with van der Waals surface area (Å²) in [6, 6.07) is 13.7. The van der Waals surface area contributed by atoms with Crippen LogP contribution in [0.25, 0.3) is 16.7 Å². The average Bonchev–Trinajstić information content (AvgIpc) is 3.23. The monoisotopic (exact) mass is 462 g/mol. The van der Waals surface area contributed by atoms with Crippen molar-refractivity contribution in [3.05, 3.63) is 71.7 Å². The molecule has 5 rings (SSSR count). The van der Waals surface area contributed by atoms with Crippen molar-refractivity contribution >= 4 is 26.9 Å². The molecule has 0 radical (unpaired) electrons. The van der Waals surface area contributed by atoms with Crippen LogP contribution >= 0.6 is 0 Å². The molecule has 2 aromatic heterocycles. The second kappa shape index (κ2) is 8.24. The Hall–Kier alpha value is -3.30. The van der Waals surface area contributed by atoms with Crippen LogP contribution in [0.5, 0.6) is 0 Å². The van der Waals surface area contributed by atoms with Crippen LogP contribution in [0.3, 0.4) is 0 Å². The van der Waals surface area contributed by atoms with E-state index in [0.29, 0.717) is 31.1 Å².